The van der Waals surface area contributed by atoms with Crippen LogP contribution in [0.15, 0.2) is 39.8 Å². The average molecular weight is 389 g/mol. The summed E-state index contributed by atoms with van der Waals surface area (Å²) in [6.45, 7) is 4.23. The van der Waals surface area contributed by atoms with Crippen LogP contribution < -0.4 is 5.32 Å². The van der Waals surface area contributed by atoms with E-state index in [-0.39, 0.29) is 6.04 Å². The van der Waals surface area contributed by atoms with Crippen LogP contribution in [0.25, 0.3) is 0 Å². The second-order valence-electron chi connectivity index (χ2n) is 5.02. The van der Waals surface area contributed by atoms with Crippen molar-refractivity contribution in [1.82, 2.24) is 15.1 Å². The second-order valence-corrected chi connectivity index (χ2v) is 7.44. The number of nitrogens with one attached hydrogen (secondary N) is 1. The van der Waals surface area contributed by atoms with Gasteiger partial charge in [0.05, 0.1) is 23.0 Å². The number of halogens is 2. The molecule has 0 amide bonds. The van der Waals surface area contributed by atoms with Crippen molar-refractivity contribution in [2.75, 3.05) is 12.8 Å². The quantitative estimate of drug-likeness (QED) is 0.711. The van der Waals surface area contributed by atoms with Gasteiger partial charge in [-0.05, 0) is 45.2 Å². The molecule has 1 N–H and O–H groups in total. The molecule has 1 aromatic carbocycles. The Hall–Kier alpha value is -0.490. The largest absolute Gasteiger partial charge is 0.311 e. The third kappa shape index (κ3) is 4.25. The Kier molecular flexibility index (Phi) is 6.17. The molecule has 2 rings (SSSR count). The lowest BCUT2D eigenvalue weighted by molar-refractivity contribution is 0.477. The summed E-state index contributed by atoms with van der Waals surface area (Å²) in [5.74, 6) is 0.899. The van der Waals surface area contributed by atoms with E-state index in [0.29, 0.717) is 6.04 Å². The van der Waals surface area contributed by atoms with E-state index < -0.39 is 0 Å². The molecule has 1 unspecified atom stereocenters. The summed E-state index contributed by atoms with van der Waals surface area (Å²) in [5.41, 5.74) is 1.05. The Labute approximate surface area is 143 Å². The lowest BCUT2D eigenvalue weighted by Crippen LogP contribution is -2.23. The summed E-state index contributed by atoms with van der Waals surface area (Å²) >= 11 is 11.6. The van der Waals surface area contributed by atoms with Crippen molar-refractivity contribution in [2.24, 2.45) is 0 Å². The number of hydrogen-bond donors (Lipinski definition) is 1. The van der Waals surface area contributed by atoms with E-state index in [4.69, 9.17) is 11.6 Å². The molecule has 0 radical (unpaired) electrons. The monoisotopic (exact) mass is 387 g/mol. The van der Waals surface area contributed by atoms with Gasteiger partial charge in [-0.3, -0.25) is 4.68 Å². The molecule has 0 aliphatic heterocycles. The topological polar surface area (TPSA) is 29.9 Å². The van der Waals surface area contributed by atoms with E-state index in [1.807, 2.05) is 11.7 Å². The number of thioether (sulfide) groups is 1. The van der Waals surface area contributed by atoms with Crippen LogP contribution in [0.5, 0.6) is 0 Å². The fourth-order valence-corrected chi connectivity index (χ4v) is 3.64. The van der Waals surface area contributed by atoms with Crippen LogP contribution in [0, 0.1) is 0 Å². The van der Waals surface area contributed by atoms with Gasteiger partial charge in [0.15, 0.2) is 0 Å². The molecule has 21 heavy (non-hydrogen) atoms. The molecule has 0 bridgehead atoms. The van der Waals surface area contributed by atoms with E-state index in [9.17, 15) is 0 Å². The number of hydrogen-bond acceptors (Lipinski definition) is 3. The predicted molar refractivity (Wildman–Crippen MR) is 94.3 cm³/mol. The highest BCUT2D eigenvalue weighted by atomic mass is 79.9. The van der Waals surface area contributed by atoms with E-state index >= 15 is 0 Å². The van der Waals surface area contributed by atoms with E-state index in [2.05, 4.69) is 64.5 Å². The molecule has 0 fully saturated rings. The smallest absolute Gasteiger partial charge is 0.0834 e. The van der Waals surface area contributed by atoms with Crippen LogP contribution in [0.3, 0.4) is 0 Å². The number of benzene rings is 1. The summed E-state index contributed by atoms with van der Waals surface area (Å²) < 4.78 is 3.09. The fourth-order valence-electron chi connectivity index (χ4n) is 2.10. The Morgan fingerprint density at radius 3 is 2.57 bits per heavy atom. The summed E-state index contributed by atoms with van der Waals surface area (Å²) in [5, 5.41) is 8.45. The second kappa shape index (κ2) is 7.68. The van der Waals surface area contributed by atoms with Gasteiger partial charge in [-0.15, -0.1) is 11.8 Å². The van der Waals surface area contributed by atoms with E-state index in [1.165, 1.54) is 4.90 Å². The van der Waals surface area contributed by atoms with Gasteiger partial charge in [0.2, 0.25) is 0 Å². The molecule has 0 aliphatic rings. The summed E-state index contributed by atoms with van der Waals surface area (Å²) in [7, 11) is 1.96. The van der Waals surface area contributed by atoms with Crippen molar-refractivity contribution >= 4 is 39.3 Å². The first kappa shape index (κ1) is 16.9. The summed E-state index contributed by atoms with van der Waals surface area (Å²) in [6, 6.07) is 8.80. The maximum Gasteiger partial charge on any atom is 0.0834 e. The number of aromatic nitrogens is 2. The fraction of sp³-hybridized carbons (Fsp3) is 0.400. The average Bonchev–Trinajstić information content (AvgIpc) is 2.84. The highest BCUT2D eigenvalue weighted by molar-refractivity contribution is 9.10. The number of rotatable bonds is 6. The Morgan fingerprint density at radius 2 is 2.00 bits per heavy atom. The third-order valence-corrected chi connectivity index (χ3v) is 5.11. The Morgan fingerprint density at radius 1 is 1.33 bits per heavy atom. The molecule has 1 aromatic heterocycles. The first-order valence-corrected chi connectivity index (χ1v) is 8.97. The van der Waals surface area contributed by atoms with Crippen molar-refractivity contribution in [3.63, 3.8) is 0 Å². The maximum atomic E-state index is 6.33. The van der Waals surface area contributed by atoms with Crippen LogP contribution in [0.4, 0.5) is 0 Å². The lowest BCUT2D eigenvalue weighted by atomic mass is 10.2. The molecule has 0 spiro atoms. The molecule has 0 saturated heterocycles. The summed E-state index contributed by atoms with van der Waals surface area (Å²) in [6.07, 6.45) is 1.73. The zero-order valence-corrected chi connectivity index (χ0v) is 15.5. The van der Waals surface area contributed by atoms with Gasteiger partial charge in [0.25, 0.3) is 0 Å². The van der Waals surface area contributed by atoms with E-state index in [1.54, 1.807) is 18.0 Å². The minimum atomic E-state index is 0.163. The molecule has 3 nitrogen and oxygen atoms in total. The van der Waals surface area contributed by atoms with Crippen LogP contribution in [0.2, 0.25) is 5.02 Å². The van der Waals surface area contributed by atoms with Gasteiger partial charge in [-0.25, -0.2) is 0 Å². The molecule has 1 heterocycles. The molecule has 1 atom stereocenters. The normalized spacial score (nSPS) is 12.9. The van der Waals surface area contributed by atoms with Crippen LogP contribution in [-0.2, 0) is 0 Å². The van der Waals surface area contributed by atoms with Crippen molar-refractivity contribution in [3.8, 4) is 0 Å². The van der Waals surface area contributed by atoms with Crippen LogP contribution >= 0.6 is 39.3 Å². The molecular weight excluding hydrogens is 370 g/mol. The highest BCUT2D eigenvalue weighted by Crippen LogP contribution is 2.30. The lowest BCUT2D eigenvalue weighted by Gasteiger charge is -2.20. The van der Waals surface area contributed by atoms with E-state index in [0.717, 1.165) is 20.9 Å². The first-order valence-electron chi connectivity index (χ1n) is 6.81. The maximum absolute atomic E-state index is 6.33. The predicted octanol–water partition coefficient (Wildman–Crippen LogP) is 4.93. The zero-order valence-electron chi connectivity index (χ0n) is 12.3. The third-order valence-electron chi connectivity index (χ3n) is 3.18. The van der Waals surface area contributed by atoms with Gasteiger partial charge in [0, 0.05) is 21.2 Å². The molecule has 2 aromatic rings. The molecule has 114 valence electrons. The molecule has 6 heteroatoms. The van der Waals surface area contributed by atoms with Crippen molar-refractivity contribution in [2.45, 2.75) is 30.8 Å². The highest BCUT2D eigenvalue weighted by Gasteiger charge is 2.20. The van der Waals surface area contributed by atoms with Crippen molar-refractivity contribution < 1.29 is 0 Å². The zero-order chi connectivity index (χ0) is 15.4. The number of nitrogens with zero attached hydrogens (tertiary/aromatic N) is 2. The Bertz CT molecular complexity index is 583. The van der Waals surface area contributed by atoms with Gasteiger partial charge < -0.3 is 5.32 Å². The Balaban J connectivity index is 2.13. The minimum absolute atomic E-state index is 0.163. The molecular formula is C15H19BrClN3S. The van der Waals surface area contributed by atoms with Crippen molar-refractivity contribution in [3.05, 3.63) is 45.7 Å². The van der Waals surface area contributed by atoms with Gasteiger partial charge in [-0.2, -0.15) is 5.10 Å². The minimum Gasteiger partial charge on any atom is -0.311 e. The first-order chi connectivity index (χ1) is 10.0. The summed E-state index contributed by atoms with van der Waals surface area (Å²) in [4.78, 5) is 1.24. The van der Waals surface area contributed by atoms with Crippen LogP contribution in [0.1, 0.15) is 31.6 Å². The van der Waals surface area contributed by atoms with Crippen LogP contribution in [-0.4, -0.2) is 22.6 Å². The SMILES string of the molecule is CNC(CSc1ccc(Br)cc1)c1c(Cl)cnn1C(C)C. The van der Waals surface area contributed by atoms with Crippen molar-refractivity contribution in [1.29, 1.82) is 0 Å². The molecule has 0 saturated carbocycles. The standard InChI is InChI=1S/C15H19BrClN3S/c1-10(2)20-15(13(17)8-19-20)14(18-3)9-21-12-6-4-11(16)5-7-12/h4-8,10,14,18H,9H2,1-3H3. The molecule has 0 aliphatic carbocycles. The van der Waals surface area contributed by atoms with Gasteiger partial charge >= 0.3 is 0 Å². The van der Waals surface area contributed by atoms with Gasteiger partial charge in [-0.1, -0.05) is 27.5 Å². The van der Waals surface area contributed by atoms with Gasteiger partial charge in [0.1, 0.15) is 0 Å².